The van der Waals surface area contributed by atoms with E-state index in [0.29, 0.717) is 22.6 Å². The van der Waals surface area contributed by atoms with Crippen LogP contribution in [0.4, 0.5) is 0 Å². The van der Waals surface area contributed by atoms with Crippen molar-refractivity contribution in [1.29, 1.82) is 0 Å². The van der Waals surface area contributed by atoms with Crippen molar-refractivity contribution >= 4 is 17.8 Å². The Morgan fingerprint density at radius 1 is 1.00 bits per heavy atom. The maximum atomic E-state index is 12.3. The zero-order chi connectivity index (χ0) is 18.5. The number of benzene rings is 2. The van der Waals surface area contributed by atoms with Crippen LogP contribution < -0.4 is 9.84 Å². The molecule has 2 aromatic carbocycles. The molecule has 3 rings (SSSR count). The lowest BCUT2D eigenvalue weighted by Crippen LogP contribution is -2.21. The third-order valence-electron chi connectivity index (χ3n) is 3.81. The molecule has 0 amide bonds. The van der Waals surface area contributed by atoms with E-state index in [1.807, 2.05) is 24.3 Å². The first-order valence-electron chi connectivity index (χ1n) is 7.85. The van der Waals surface area contributed by atoms with Crippen molar-refractivity contribution in [2.45, 2.75) is 0 Å². The van der Waals surface area contributed by atoms with E-state index >= 15 is 0 Å². The largest absolute Gasteiger partial charge is 0.542 e. The number of carboxylic acid groups (broad SMARTS) is 1. The van der Waals surface area contributed by atoms with Gasteiger partial charge >= 0.3 is 0 Å². The van der Waals surface area contributed by atoms with E-state index in [9.17, 15) is 14.7 Å². The van der Waals surface area contributed by atoms with Crippen LogP contribution in [0.2, 0.25) is 0 Å². The van der Waals surface area contributed by atoms with Gasteiger partial charge in [-0.25, -0.2) is 0 Å². The molecule has 0 aliphatic heterocycles. The standard InChI is InChI=1S/C21H16O5/c1-25-18-5-3-2-4-15(18)10-11-17(22)14-6-8-16(9-7-14)19-12-13-20(26-19)21(23)24/h2-13H,1H3,(H,23,24)/p-1/b11-10+. The monoisotopic (exact) mass is 347 g/mol. The number of carbonyl (C=O) groups excluding carboxylic acids is 2. The van der Waals surface area contributed by atoms with Crippen molar-refractivity contribution < 1.29 is 23.8 Å². The number of hydrogen-bond acceptors (Lipinski definition) is 5. The third kappa shape index (κ3) is 3.72. The van der Waals surface area contributed by atoms with Crippen molar-refractivity contribution in [2.24, 2.45) is 0 Å². The molecule has 0 bridgehead atoms. The Morgan fingerprint density at radius 2 is 1.73 bits per heavy atom. The molecule has 26 heavy (non-hydrogen) atoms. The van der Waals surface area contributed by atoms with E-state index in [-0.39, 0.29) is 11.5 Å². The number of methoxy groups -OCH3 is 1. The van der Waals surface area contributed by atoms with Gasteiger partial charge in [0.2, 0.25) is 0 Å². The van der Waals surface area contributed by atoms with Crippen LogP contribution in [-0.2, 0) is 0 Å². The van der Waals surface area contributed by atoms with Gasteiger partial charge in [-0.05, 0) is 30.4 Å². The van der Waals surface area contributed by atoms with Crippen LogP contribution in [0.3, 0.4) is 0 Å². The molecule has 0 aliphatic rings. The first-order chi connectivity index (χ1) is 12.6. The van der Waals surface area contributed by atoms with Crippen LogP contribution in [0.15, 0.2) is 71.2 Å². The highest BCUT2D eigenvalue weighted by molar-refractivity contribution is 6.07. The highest BCUT2D eigenvalue weighted by Crippen LogP contribution is 2.23. The van der Waals surface area contributed by atoms with Crippen molar-refractivity contribution in [3.63, 3.8) is 0 Å². The molecule has 130 valence electrons. The predicted octanol–water partition coefficient (Wildman–Crippen LogP) is 3.21. The Labute approximate surface area is 150 Å². The minimum absolute atomic E-state index is 0.155. The number of carboxylic acids is 1. The number of furan rings is 1. The fourth-order valence-electron chi connectivity index (χ4n) is 2.47. The Kier molecular flexibility index (Phi) is 4.99. The van der Waals surface area contributed by atoms with Gasteiger partial charge in [0, 0.05) is 16.7 Å². The summed E-state index contributed by atoms with van der Waals surface area (Å²) < 4.78 is 10.4. The highest BCUT2D eigenvalue weighted by atomic mass is 16.5. The molecule has 0 N–H and O–H groups in total. The molecule has 1 heterocycles. The summed E-state index contributed by atoms with van der Waals surface area (Å²) in [5, 5.41) is 10.8. The second-order valence-electron chi connectivity index (χ2n) is 5.47. The lowest BCUT2D eigenvalue weighted by molar-refractivity contribution is -0.257. The van der Waals surface area contributed by atoms with Gasteiger partial charge in [0.15, 0.2) is 5.78 Å². The first-order valence-corrected chi connectivity index (χ1v) is 7.85. The van der Waals surface area contributed by atoms with Crippen molar-refractivity contribution in [1.82, 2.24) is 0 Å². The van der Waals surface area contributed by atoms with E-state index in [0.717, 1.165) is 5.56 Å². The number of hydrogen-bond donors (Lipinski definition) is 0. The normalized spacial score (nSPS) is 10.8. The maximum Gasteiger partial charge on any atom is 0.185 e. The van der Waals surface area contributed by atoms with E-state index in [2.05, 4.69) is 0 Å². The molecule has 5 heteroatoms. The van der Waals surface area contributed by atoms with E-state index in [1.165, 1.54) is 12.1 Å². The topological polar surface area (TPSA) is 79.6 Å². The summed E-state index contributed by atoms with van der Waals surface area (Å²) in [5.74, 6) is -0.678. The Balaban J connectivity index is 1.76. The van der Waals surface area contributed by atoms with E-state index in [4.69, 9.17) is 9.15 Å². The van der Waals surface area contributed by atoms with Crippen LogP contribution in [0.1, 0.15) is 26.5 Å². The van der Waals surface area contributed by atoms with Gasteiger partial charge in [-0.15, -0.1) is 0 Å². The number of aromatic carboxylic acids is 1. The Bertz CT molecular complexity index is 964. The van der Waals surface area contributed by atoms with Gasteiger partial charge in [-0.1, -0.05) is 42.5 Å². The first kappa shape index (κ1) is 17.2. The van der Waals surface area contributed by atoms with Crippen molar-refractivity contribution in [3.05, 3.63) is 83.6 Å². The smallest absolute Gasteiger partial charge is 0.185 e. The van der Waals surface area contributed by atoms with Gasteiger partial charge in [-0.3, -0.25) is 4.79 Å². The van der Waals surface area contributed by atoms with E-state index < -0.39 is 5.97 Å². The van der Waals surface area contributed by atoms with Crippen LogP contribution in [0, 0.1) is 0 Å². The fraction of sp³-hybridized carbons (Fsp3) is 0.0476. The summed E-state index contributed by atoms with van der Waals surface area (Å²) in [6.45, 7) is 0. The van der Waals surface area contributed by atoms with Gasteiger partial charge < -0.3 is 19.1 Å². The Hall–Kier alpha value is -3.60. The summed E-state index contributed by atoms with van der Waals surface area (Å²) in [7, 11) is 1.58. The van der Waals surface area contributed by atoms with Crippen LogP contribution in [0.25, 0.3) is 17.4 Å². The number of rotatable bonds is 6. The minimum Gasteiger partial charge on any atom is -0.542 e. The quantitative estimate of drug-likeness (QED) is 0.505. The highest BCUT2D eigenvalue weighted by Gasteiger charge is 2.07. The molecule has 0 aliphatic carbocycles. The lowest BCUT2D eigenvalue weighted by atomic mass is 10.1. The molecule has 0 fully saturated rings. The number of carbonyl (C=O) groups is 2. The maximum absolute atomic E-state index is 12.3. The van der Waals surface area contributed by atoms with Crippen molar-refractivity contribution in [2.75, 3.05) is 7.11 Å². The Morgan fingerprint density at radius 3 is 2.38 bits per heavy atom. The zero-order valence-corrected chi connectivity index (χ0v) is 14.0. The van der Waals surface area contributed by atoms with Gasteiger partial charge in [-0.2, -0.15) is 0 Å². The molecular formula is C21H15O5-. The molecule has 0 saturated carbocycles. The summed E-state index contributed by atoms with van der Waals surface area (Å²) in [6, 6.07) is 17.0. The molecule has 0 atom stereocenters. The molecule has 0 unspecified atom stereocenters. The molecule has 0 radical (unpaired) electrons. The third-order valence-corrected chi connectivity index (χ3v) is 3.81. The average molecular weight is 347 g/mol. The van der Waals surface area contributed by atoms with E-state index in [1.54, 1.807) is 43.5 Å². The second-order valence-corrected chi connectivity index (χ2v) is 5.47. The molecule has 5 nitrogen and oxygen atoms in total. The summed E-state index contributed by atoms with van der Waals surface area (Å²) in [5.41, 5.74) is 1.99. The number of allylic oxidation sites excluding steroid dienone is 1. The molecule has 0 spiro atoms. The van der Waals surface area contributed by atoms with Gasteiger partial charge in [0.1, 0.15) is 23.2 Å². The van der Waals surface area contributed by atoms with Crippen LogP contribution in [-0.4, -0.2) is 18.9 Å². The number of para-hydroxylation sites is 1. The molecule has 0 saturated heterocycles. The van der Waals surface area contributed by atoms with Crippen LogP contribution >= 0.6 is 0 Å². The van der Waals surface area contributed by atoms with Crippen LogP contribution in [0.5, 0.6) is 5.75 Å². The second kappa shape index (κ2) is 7.53. The molecule has 3 aromatic rings. The SMILES string of the molecule is COc1ccccc1/C=C/C(=O)c1ccc(-c2ccc(C(=O)[O-])o2)cc1. The van der Waals surface area contributed by atoms with Gasteiger partial charge in [0.25, 0.3) is 0 Å². The summed E-state index contributed by atoms with van der Waals surface area (Å²) in [4.78, 5) is 23.1. The van der Waals surface area contributed by atoms with Crippen molar-refractivity contribution in [3.8, 4) is 17.1 Å². The zero-order valence-electron chi connectivity index (χ0n) is 14.0. The number of ether oxygens (including phenoxy) is 1. The summed E-state index contributed by atoms with van der Waals surface area (Å²) >= 11 is 0. The lowest BCUT2D eigenvalue weighted by Gasteiger charge is -2.03. The van der Waals surface area contributed by atoms with Gasteiger partial charge in [0.05, 0.1) is 7.11 Å². The fourth-order valence-corrected chi connectivity index (χ4v) is 2.47. The minimum atomic E-state index is -1.37. The molecule has 1 aromatic heterocycles. The average Bonchev–Trinajstić information content (AvgIpc) is 3.17. The molecular weight excluding hydrogens is 332 g/mol. The predicted molar refractivity (Wildman–Crippen MR) is 94.8 cm³/mol. The number of ketones is 1. The summed E-state index contributed by atoms with van der Waals surface area (Å²) in [6.07, 6.45) is 3.18.